The summed E-state index contributed by atoms with van der Waals surface area (Å²) in [4.78, 5) is 14.4. The van der Waals surface area contributed by atoms with E-state index in [1.54, 1.807) is 6.08 Å². The van der Waals surface area contributed by atoms with E-state index in [2.05, 4.69) is 12.2 Å². The first-order chi connectivity index (χ1) is 13.5. The molecular weight excluding hydrogens is 372 g/mol. The number of rotatable bonds is 7. The van der Waals surface area contributed by atoms with Gasteiger partial charge in [0.1, 0.15) is 5.70 Å². The zero-order valence-corrected chi connectivity index (χ0v) is 17.1. The largest absolute Gasteiger partial charge is 0.490 e. The molecule has 146 valence electrons. The van der Waals surface area contributed by atoms with Gasteiger partial charge < -0.3 is 14.8 Å². The maximum absolute atomic E-state index is 12.9. The van der Waals surface area contributed by atoms with Crippen LogP contribution in [0.15, 0.2) is 48.2 Å². The van der Waals surface area contributed by atoms with E-state index < -0.39 is 0 Å². The van der Waals surface area contributed by atoms with Crippen molar-refractivity contribution < 1.29 is 14.3 Å². The van der Waals surface area contributed by atoms with Gasteiger partial charge in [0.2, 0.25) is 0 Å². The number of anilines is 1. The van der Waals surface area contributed by atoms with E-state index in [1.165, 1.54) is 4.90 Å². The topological polar surface area (TPSA) is 50.8 Å². The number of nitrogens with one attached hydrogen (secondary N) is 1. The summed E-state index contributed by atoms with van der Waals surface area (Å²) in [5.41, 5.74) is 3.13. The molecule has 0 aliphatic carbocycles. The van der Waals surface area contributed by atoms with Crippen LogP contribution in [0.25, 0.3) is 6.08 Å². The van der Waals surface area contributed by atoms with E-state index in [1.807, 2.05) is 56.3 Å². The van der Waals surface area contributed by atoms with Crippen LogP contribution in [-0.2, 0) is 4.79 Å². The first kappa shape index (κ1) is 19.9. The number of carbonyl (C=O) groups excluding carboxylic acids is 1. The summed E-state index contributed by atoms with van der Waals surface area (Å²) in [6, 6.07) is 13.3. The van der Waals surface area contributed by atoms with Crippen LogP contribution in [0.1, 0.15) is 31.4 Å². The second-order valence-electron chi connectivity index (χ2n) is 6.45. The highest BCUT2D eigenvalue weighted by molar-refractivity contribution is 7.80. The second-order valence-corrected chi connectivity index (χ2v) is 6.84. The van der Waals surface area contributed by atoms with E-state index >= 15 is 0 Å². The summed E-state index contributed by atoms with van der Waals surface area (Å²) < 4.78 is 11.4. The quantitative estimate of drug-likeness (QED) is 0.554. The highest BCUT2D eigenvalue weighted by atomic mass is 32.1. The minimum absolute atomic E-state index is 0.182. The lowest BCUT2D eigenvalue weighted by Gasteiger charge is -2.14. The normalized spacial score (nSPS) is 15.1. The van der Waals surface area contributed by atoms with E-state index in [-0.39, 0.29) is 5.91 Å². The van der Waals surface area contributed by atoms with Crippen LogP contribution in [-0.4, -0.2) is 24.2 Å². The maximum atomic E-state index is 12.9. The third-order valence-corrected chi connectivity index (χ3v) is 4.50. The third kappa shape index (κ3) is 4.34. The first-order valence-corrected chi connectivity index (χ1v) is 9.77. The Morgan fingerprint density at radius 1 is 1.07 bits per heavy atom. The zero-order valence-electron chi connectivity index (χ0n) is 16.3. The number of benzene rings is 2. The second kappa shape index (κ2) is 8.89. The monoisotopic (exact) mass is 396 g/mol. The molecule has 1 heterocycles. The molecule has 0 bridgehead atoms. The van der Waals surface area contributed by atoms with Crippen LogP contribution in [0, 0.1) is 6.92 Å². The van der Waals surface area contributed by atoms with Crippen LogP contribution in [0.2, 0.25) is 0 Å². The predicted octanol–water partition coefficient (Wildman–Crippen LogP) is 4.44. The van der Waals surface area contributed by atoms with Crippen molar-refractivity contribution in [3.05, 3.63) is 59.3 Å². The molecule has 28 heavy (non-hydrogen) atoms. The van der Waals surface area contributed by atoms with Crippen molar-refractivity contribution in [1.29, 1.82) is 0 Å². The Morgan fingerprint density at radius 2 is 1.82 bits per heavy atom. The van der Waals surface area contributed by atoms with Gasteiger partial charge in [-0.2, -0.15) is 0 Å². The summed E-state index contributed by atoms with van der Waals surface area (Å²) in [7, 11) is 0. The van der Waals surface area contributed by atoms with Gasteiger partial charge in [0.05, 0.1) is 18.9 Å². The van der Waals surface area contributed by atoms with Crippen molar-refractivity contribution in [2.24, 2.45) is 0 Å². The van der Waals surface area contributed by atoms with Gasteiger partial charge in [-0.3, -0.25) is 9.69 Å². The van der Waals surface area contributed by atoms with Crippen molar-refractivity contribution >= 4 is 35.0 Å². The molecule has 2 aromatic rings. The predicted molar refractivity (Wildman–Crippen MR) is 116 cm³/mol. The van der Waals surface area contributed by atoms with Gasteiger partial charge in [0, 0.05) is 0 Å². The van der Waals surface area contributed by atoms with Crippen LogP contribution >= 0.6 is 12.2 Å². The molecule has 1 saturated heterocycles. The Balaban J connectivity index is 1.86. The summed E-state index contributed by atoms with van der Waals surface area (Å²) in [5, 5.41) is 3.38. The summed E-state index contributed by atoms with van der Waals surface area (Å²) in [5.74, 6) is 1.18. The Bertz CT molecular complexity index is 906. The van der Waals surface area contributed by atoms with Gasteiger partial charge in [-0.05, 0) is 68.4 Å². The molecule has 1 amide bonds. The van der Waals surface area contributed by atoms with E-state index in [9.17, 15) is 4.79 Å². The number of ether oxygens (including phenoxy) is 2. The van der Waals surface area contributed by atoms with Gasteiger partial charge >= 0.3 is 0 Å². The van der Waals surface area contributed by atoms with Crippen LogP contribution in [0.4, 0.5) is 5.69 Å². The minimum Gasteiger partial charge on any atom is -0.490 e. The number of thiocarbonyl (C=S) groups is 1. The van der Waals surface area contributed by atoms with Gasteiger partial charge in [-0.25, -0.2) is 0 Å². The van der Waals surface area contributed by atoms with Crippen molar-refractivity contribution in [1.82, 2.24) is 5.32 Å². The third-order valence-electron chi connectivity index (χ3n) is 4.21. The fraction of sp³-hybridized carbons (Fsp3) is 0.273. The standard InChI is InChI=1S/C22H24N2O3S/c1-4-12-27-19-11-8-16(14-20(19)26-5-2)13-18-21(25)24(22(28)23-18)17-9-6-15(3)7-10-17/h6-11,13-14H,4-5,12H2,1-3H3,(H,23,28)/b18-13-. The zero-order chi connectivity index (χ0) is 20.1. The molecule has 0 unspecified atom stereocenters. The number of nitrogens with zero attached hydrogens (tertiary/aromatic N) is 1. The highest BCUT2D eigenvalue weighted by Gasteiger charge is 2.31. The molecule has 6 heteroatoms. The first-order valence-electron chi connectivity index (χ1n) is 9.37. The van der Waals surface area contributed by atoms with Crippen LogP contribution in [0.5, 0.6) is 11.5 Å². The Labute approximate surface area is 170 Å². The van der Waals surface area contributed by atoms with E-state index in [0.29, 0.717) is 35.5 Å². The van der Waals surface area contributed by atoms with Gasteiger partial charge in [-0.15, -0.1) is 0 Å². The number of carbonyl (C=O) groups is 1. The lowest BCUT2D eigenvalue weighted by Crippen LogP contribution is -2.30. The molecule has 2 aromatic carbocycles. The Kier molecular flexibility index (Phi) is 6.31. The molecular formula is C22H24N2O3S. The fourth-order valence-corrected chi connectivity index (χ4v) is 3.14. The molecule has 0 radical (unpaired) electrons. The molecule has 1 N–H and O–H groups in total. The van der Waals surface area contributed by atoms with E-state index in [0.717, 1.165) is 23.2 Å². The average Bonchev–Trinajstić information content (AvgIpc) is 2.95. The van der Waals surface area contributed by atoms with Crippen molar-refractivity contribution in [2.45, 2.75) is 27.2 Å². The minimum atomic E-state index is -0.182. The smallest absolute Gasteiger partial charge is 0.281 e. The lowest BCUT2D eigenvalue weighted by atomic mass is 10.1. The van der Waals surface area contributed by atoms with Crippen molar-refractivity contribution in [3.8, 4) is 11.5 Å². The Hall–Kier alpha value is -2.86. The molecule has 3 rings (SSSR count). The van der Waals surface area contributed by atoms with Gasteiger partial charge in [0.25, 0.3) is 5.91 Å². The number of hydrogen-bond acceptors (Lipinski definition) is 4. The summed E-state index contributed by atoms with van der Waals surface area (Å²) in [6.07, 6.45) is 2.69. The molecule has 0 atom stereocenters. The average molecular weight is 397 g/mol. The van der Waals surface area contributed by atoms with Crippen LogP contribution < -0.4 is 19.7 Å². The van der Waals surface area contributed by atoms with Crippen molar-refractivity contribution in [3.63, 3.8) is 0 Å². The van der Waals surface area contributed by atoms with Gasteiger partial charge in [-0.1, -0.05) is 30.7 Å². The lowest BCUT2D eigenvalue weighted by molar-refractivity contribution is -0.113. The fourth-order valence-electron chi connectivity index (χ4n) is 2.84. The SMILES string of the molecule is CCCOc1ccc(/C=C2\NC(=S)N(c3ccc(C)cc3)C2=O)cc1OCC. The van der Waals surface area contributed by atoms with Gasteiger partial charge in [0.15, 0.2) is 16.6 Å². The molecule has 0 spiro atoms. The molecule has 1 fully saturated rings. The summed E-state index contributed by atoms with van der Waals surface area (Å²) in [6.45, 7) is 7.14. The summed E-state index contributed by atoms with van der Waals surface area (Å²) >= 11 is 5.37. The number of hydrogen-bond donors (Lipinski definition) is 1. The van der Waals surface area contributed by atoms with Crippen molar-refractivity contribution in [2.75, 3.05) is 18.1 Å². The number of amides is 1. The highest BCUT2D eigenvalue weighted by Crippen LogP contribution is 2.30. The maximum Gasteiger partial charge on any atom is 0.281 e. The Morgan fingerprint density at radius 3 is 2.50 bits per heavy atom. The van der Waals surface area contributed by atoms with E-state index in [4.69, 9.17) is 21.7 Å². The molecule has 5 nitrogen and oxygen atoms in total. The van der Waals surface area contributed by atoms with Crippen LogP contribution in [0.3, 0.4) is 0 Å². The molecule has 1 aliphatic rings. The molecule has 1 aliphatic heterocycles. The molecule has 0 saturated carbocycles. The number of aryl methyl sites for hydroxylation is 1. The molecule has 0 aromatic heterocycles.